The Morgan fingerprint density at radius 1 is 1.45 bits per heavy atom. The molecule has 1 rings (SSSR count). The highest BCUT2D eigenvalue weighted by atomic mass is 35.5. The molecule has 2 nitrogen and oxygen atoms in total. The van der Waals surface area contributed by atoms with Crippen molar-refractivity contribution in [1.29, 1.82) is 0 Å². The Bertz CT molecular complexity index is 92.7. The largest absolute Gasteiger partial charge is 0.329 e. The van der Waals surface area contributed by atoms with Gasteiger partial charge in [0.15, 0.2) is 0 Å². The van der Waals surface area contributed by atoms with Gasteiger partial charge in [0.25, 0.3) is 0 Å². The highest BCUT2D eigenvalue weighted by Gasteiger charge is 2.20. The van der Waals surface area contributed by atoms with E-state index in [1.54, 1.807) is 0 Å². The summed E-state index contributed by atoms with van der Waals surface area (Å²) in [6.45, 7) is 2.97. The maximum absolute atomic E-state index is 12.4. The minimum absolute atomic E-state index is 0. The van der Waals surface area contributed by atoms with E-state index in [-0.39, 0.29) is 24.8 Å². The van der Waals surface area contributed by atoms with Gasteiger partial charge in [0.05, 0.1) is 0 Å². The van der Waals surface area contributed by atoms with E-state index in [1.165, 1.54) is 0 Å². The van der Waals surface area contributed by atoms with Crippen molar-refractivity contribution in [2.24, 2.45) is 5.73 Å². The average Bonchev–Trinajstić information content (AvgIpc) is 2.17. The van der Waals surface area contributed by atoms with Crippen molar-refractivity contribution in [2.75, 3.05) is 26.2 Å². The Kier molecular flexibility index (Phi) is 9.02. The second-order valence-electron chi connectivity index (χ2n) is 2.48. The SMILES string of the molecule is Cl.Cl.NCCN1CC[C@@H](F)C1. The predicted octanol–water partition coefficient (Wildman–Crippen LogP) is 0.833. The van der Waals surface area contributed by atoms with Gasteiger partial charge in [0.1, 0.15) is 6.17 Å². The summed E-state index contributed by atoms with van der Waals surface area (Å²) in [5.74, 6) is 0. The number of likely N-dealkylation sites (tertiary alicyclic amines) is 1. The number of rotatable bonds is 2. The molecule has 1 saturated heterocycles. The van der Waals surface area contributed by atoms with Crippen molar-refractivity contribution in [3.63, 3.8) is 0 Å². The van der Waals surface area contributed by atoms with Crippen LogP contribution >= 0.6 is 24.8 Å². The Morgan fingerprint density at radius 2 is 2.09 bits per heavy atom. The van der Waals surface area contributed by atoms with E-state index in [2.05, 4.69) is 4.90 Å². The third-order valence-electron chi connectivity index (χ3n) is 1.66. The van der Waals surface area contributed by atoms with Crippen molar-refractivity contribution in [1.82, 2.24) is 4.90 Å². The van der Waals surface area contributed by atoms with Gasteiger partial charge in [-0.1, -0.05) is 0 Å². The van der Waals surface area contributed by atoms with Crippen LogP contribution in [0.1, 0.15) is 6.42 Å². The van der Waals surface area contributed by atoms with E-state index in [4.69, 9.17) is 5.73 Å². The lowest BCUT2D eigenvalue weighted by Crippen LogP contribution is -2.27. The van der Waals surface area contributed by atoms with Crippen LogP contribution in [0.15, 0.2) is 0 Å². The minimum Gasteiger partial charge on any atom is -0.329 e. The molecule has 1 aliphatic heterocycles. The van der Waals surface area contributed by atoms with Gasteiger partial charge in [-0.3, -0.25) is 4.90 Å². The van der Waals surface area contributed by atoms with Crippen LogP contribution in [0.3, 0.4) is 0 Å². The van der Waals surface area contributed by atoms with Crippen LogP contribution in [0.2, 0.25) is 0 Å². The van der Waals surface area contributed by atoms with Gasteiger partial charge >= 0.3 is 0 Å². The van der Waals surface area contributed by atoms with E-state index >= 15 is 0 Å². The summed E-state index contributed by atoms with van der Waals surface area (Å²) in [6.07, 6.45) is 0.0940. The smallest absolute Gasteiger partial charge is 0.114 e. The predicted molar refractivity (Wildman–Crippen MR) is 49.5 cm³/mol. The first-order chi connectivity index (χ1) is 4.33. The number of alkyl halides is 1. The quantitative estimate of drug-likeness (QED) is 0.723. The molecule has 1 fully saturated rings. The number of nitrogens with two attached hydrogens (primary N) is 1. The zero-order chi connectivity index (χ0) is 6.69. The third-order valence-corrected chi connectivity index (χ3v) is 1.66. The fourth-order valence-electron chi connectivity index (χ4n) is 1.17. The Hall–Kier alpha value is 0.430. The van der Waals surface area contributed by atoms with Gasteiger partial charge < -0.3 is 5.73 Å². The van der Waals surface area contributed by atoms with Crippen molar-refractivity contribution in [3.8, 4) is 0 Å². The van der Waals surface area contributed by atoms with E-state index in [9.17, 15) is 4.39 Å². The Balaban J connectivity index is 0. The van der Waals surface area contributed by atoms with Crippen molar-refractivity contribution in [2.45, 2.75) is 12.6 Å². The maximum atomic E-state index is 12.4. The number of nitrogens with zero attached hydrogens (tertiary/aromatic N) is 1. The van der Waals surface area contributed by atoms with Gasteiger partial charge in [-0.15, -0.1) is 24.8 Å². The van der Waals surface area contributed by atoms with Crippen LogP contribution < -0.4 is 5.73 Å². The molecule has 70 valence electrons. The van der Waals surface area contributed by atoms with Crippen molar-refractivity contribution >= 4 is 24.8 Å². The molecule has 0 radical (unpaired) electrons. The molecule has 1 heterocycles. The molecule has 0 aromatic rings. The van der Waals surface area contributed by atoms with Crippen LogP contribution in [-0.4, -0.2) is 37.3 Å². The lowest BCUT2D eigenvalue weighted by molar-refractivity contribution is 0.293. The molecular formula is C6H15Cl2FN2. The van der Waals surface area contributed by atoms with Gasteiger partial charge in [-0.25, -0.2) is 4.39 Å². The van der Waals surface area contributed by atoms with Crippen molar-refractivity contribution < 1.29 is 4.39 Å². The zero-order valence-corrected chi connectivity index (χ0v) is 7.96. The normalized spacial score (nSPS) is 24.0. The first-order valence-corrected chi connectivity index (χ1v) is 3.39. The molecule has 0 unspecified atom stereocenters. The summed E-state index contributed by atoms with van der Waals surface area (Å²) in [5.41, 5.74) is 5.29. The van der Waals surface area contributed by atoms with Crippen LogP contribution in [0.25, 0.3) is 0 Å². The second kappa shape index (κ2) is 7.10. The summed E-state index contributed by atoms with van der Waals surface area (Å²) in [4.78, 5) is 2.06. The molecule has 0 amide bonds. The molecule has 5 heteroatoms. The first-order valence-electron chi connectivity index (χ1n) is 3.39. The minimum atomic E-state index is -0.600. The molecule has 1 aliphatic rings. The monoisotopic (exact) mass is 204 g/mol. The summed E-state index contributed by atoms with van der Waals surface area (Å²) in [5, 5.41) is 0. The molecular weight excluding hydrogens is 190 g/mol. The Labute approximate surface area is 79.1 Å². The number of hydrogen-bond acceptors (Lipinski definition) is 2. The lowest BCUT2D eigenvalue weighted by Gasteiger charge is -2.11. The number of halogens is 3. The standard InChI is InChI=1S/C6H13FN2.2ClH/c7-6-1-3-9(5-6)4-2-8;;/h6H,1-5,8H2;2*1H/t6-;;/m1../s1. The molecule has 0 aromatic heterocycles. The summed E-state index contributed by atoms with van der Waals surface area (Å²) >= 11 is 0. The van der Waals surface area contributed by atoms with Crippen LogP contribution in [-0.2, 0) is 0 Å². The topological polar surface area (TPSA) is 29.3 Å². The molecule has 0 aromatic carbocycles. The van der Waals surface area contributed by atoms with Gasteiger partial charge in [-0.05, 0) is 6.42 Å². The fraction of sp³-hybridized carbons (Fsp3) is 1.00. The van der Waals surface area contributed by atoms with Gasteiger partial charge in [0, 0.05) is 26.2 Å². The Morgan fingerprint density at radius 3 is 2.45 bits per heavy atom. The molecule has 0 bridgehead atoms. The highest BCUT2D eigenvalue weighted by Crippen LogP contribution is 2.10. The zero-order valence-electron chi connectivity index (χ0n) is 6.33. The van der Waals surface area contributed by atoms with E-state index < -0.39 is 6.17 Å². The molecule has 0 spiro atoms. The third kappa shape index (κ3) is 4.80. The molecule has 1 atom stereocenters. The first kappa shape index (κ1) is 14.0. The van der Waals surface area contributed by atoms with Crippen LogP contribution in [0.4, 0.5) is 4.39 Å². The van der Waals surface area contributed by atoms with Gasteiger partial charge in [-0.2, -0.15) is 0 Å². The van der Waals surface area contributed by atoms with Crippen LogP contribution in [0.5, 0.6) is 0 Å². The molecule has 11 heavy (non-hydrogen) atoms. The average molecular weight is 205 g/mol. The summed E-state index contributed by atoms with van der Waals surface area (Å²) in [6, 6.07) is 0. The molecule has 2 N–H and O–H groups in total. The maximum Gasteiger partial charge on any atom is 0.114 e. The van der Waals surface area contributed by atoms with E-state index in [0.29, 0.717) is 19.5 Å². The van der Waals surface area contributed by atoms with Gasteiger partial charge in [0.2, 0.25) is 0 Å². The highest BCUT2D eigenvalue weighted by molar-refractivity contribution is 5.85. The van der Waals surface area contributed by atoms with E-state index in [1.807, 2.05) is 0 Å². The summed E-state index contributed by atoms with van der Waals surface area (Å²) in [7, 11) is 0. The molecule has 0 aliphatic carbocycles. The van der Waals surface area contributed by atoms with Crippen LogP contribution in [0, 0.1) is 0 Å². The summed E-state index contributed by atoms with van der Waals surface area (Å²) < 4.78 is 12.4. The number of hydrogen-bond donors (Lipinski definition) is 1. The molecule has 0 saturated carbocycles. The fourth-order valence-corrected chi connectivity index (χ4v) is 1.17. The van der Waals surface area contributed by atoms with Crippen molar-refractivity contribution in [3.05, 3.63) is 0 Å². The van der Waals surface area contributed by atoms with E-state index in [0.717, 1.165) is 13.1 Å². The lowest BCUT2D eigenvalue weighted by atomic mass is 10.3. The second-order valence-corrected chi connectivity index (χ2v) is 2.48.